The summed E-state index contributed by atoms with van der Waals surface area (Å²) in [5, 5.41) is 7.41. The van der Waals surface area contributed by atoms with Crippen molar-refractivity contribution in [3.8, 4) is 16.9 Å². The molecular weight excluding hydrogens is 548 g/mol. The van der Waals surface area contributed by atoms with Crippen molar-refractivity contribution in [3.63, 3.8) is 0 Å². The average Bonchev–Trinajstić information content (AvgIpc) is 3.70. The van der Waals surface area contributed by atoms with Crippen LogP contribution in [0.2, 0.25) is 0 Å². The monoisotopic (exact) mass is 588 g/mol. The van der Waals surface area contributed by atoms with Gasteiger partial charge in [-0.25, -0.2) is 13.3 Å². The summed E-state index contributed by atoms with van der Waals surface area (Å²) < 4.78 is 23.5. The van der Waals surface area contributed by atoms with Gasteiger partial charge in [0.05, 0.1) is 16.7 Å². The van der Waals surface area contributed by atoms with E-state index in [9.17, 15) is 9.00 Å². The third-order valence-electron chi connectivity index (χ3n) is 8.33. The number of hydrogen-bond donors (Lipinski definition) is 3. The molecule has 2 fully saturated rings. The summed E-state index contributed by atoms with van der Waals surface area (Å²) in [4.78, 5) is 21.2. The summed E-state index contributed by atoms with van der Waals surface area (Å²) in [5.41, 5.74) is 3.96. The van der Waals surface area contributed by atoms with Gasteiger partial charge in [-0.3, -0.25) is 4.57 Å². The zero-order chi connectivity index (χ0) is 28.9. The second-order valence-electron chi connectivity index (χ2n) is 11.2. The van der Waals surface area contributed by atoms with Gasteiger partial charge >= 0.3 is 5.69 Å². The first-order chi connectivity index (χ1) is 20.6. The summed E-state index contributed by atoms with van der Waals surface area (Å²) in [7, 11) is 0.670. The largest absolute Gasteiger partial charge is 0.378 e. The normalized spacial score (nSPS) is 18.7. The molecule has 4 aromatic rings. The van der Waals surface area contributed by atoms with E-state index in [1.165, 1.54) is 0 Å². The van der Waals surface area contributed by atoms with Gasteiger partial charge in [0.15, 0.2) is 0 Å². The van der Waals surface area contributed by atoms with Crippen molar-refractivity contribution in [2.45, 2.75) is 62.1 Å². The Morgan fingerprint density at radius 1 is 1.10 bits per heavy atom. The lowest BCUT2D eigenvalue weighted by atomic mass is 10.1. The molecule has 2 aromatic carbocycles. The van der Waals surface area contributed by atoms with Gasteiger partial charge in [-0.1, -0.05) is 24.3 Å². The number of H-pyrrole nitrogens is 1. The second-order valence-corrected chi connectivity index (χ2v) is 12.7. The average molecular weight is 589 g/mol. The van der Waals surface area contributed by atoms with Gasteiger partial charge in [0.1, 0.15) is 16.6 Å². The first-order valence-electron chi connectivity index (χ1n) is 15.1. The number of piperidine rings is 1. The Bertz CT molecular complexity index is 1550. The van der Waals surface area contributed by atoms with Crippen LogP contribution in [-0.4, -0.2) is 68.5 Å². The van der Waals surface area contributed by atoms with Gasteiger partial charge in [-0.2, -0.15) is 4.98 Å². The highest BCUT2D eigenvalue weighted by atomic mass is 32.2. The molecule has 42 heavy (non-hydrogen) atoms. The van der Waals surface area contributed by atoms with Crippen LogP contribution in [0.1, 0.15) is 44.1 Å². The van der Waals surface area contributed by atoms with Gasteiger partial charge in [0.25, 0.3) is 0 Å². The van der Waals surface area contributed by atoms with Crippen molar-refractivity contribution in [3.05, 3.63) is 76.8 Å². The topological polar surface area (TPSA) is 104 Å². The quantitative estimate of drug-likeness (QED) is 0.243. The van der Waals surface area contributed by atoms with E-state index in [0.29, 0.717) is 17.8 Å². The number of aromatic amines is 1. The Kier molecular flexibility index (Phi) is 9.26. The molecule has 0 amide bonds. The number of nitrogens with one attached hydrogen (secondary N) is 3. The molecule has 4 heterocycles. The molecule has 3 N–H and O–H groups in total. The highest BCUT2D eigenvalue weighted by Gasteiger charge is 2.27. The fraction of sp³-hybridized carbons (Fsp3) is 0.438. The number of fused-ring (bicyclic) bond motifs is 1. The Balaban J connectivity index is 1.19. The number of hydrogen-bond acceptors (Lipinski definition) is 6. The Morgan fingerprint density at radius 2 is 1.88 bits per heavy atom. The molecule has 10 heteroatoms. The van der Waals surface area contributed by atoms with Crippen LogP contribution in [-0.2, 0) is 22.3 Å². The van der Waals surface area contributed by atoms with E-state index < -0.39 is 11.0 Å². The van der Waals surface area contributed by atoms with E-state index in [1.807, 2.05) is 67.8 Å². The van der Waals surface area contributed by atoms with Crippen molar-refractivity contribution in [1.29, 1.82) is 0 Å². The van der Waals surface area contributed by atoms with Crippen molar-refractivity contribution >= 4 is 22.0 Å². The fourth-order valence-corrected chi connectivity index (χ4v) is 7.46. The standard InChI is InChI=1S/C32H40N6O3S/c1-33-21-23-6-10-26(11-7-23)37-22-25-20-30(35-31(25)36-32(37)39)24-8-12-29(13-9-24)42(40)38(27-14-16-34-17-15-27)18-2-4-28-5-3-19-41-28/h6-13,20,22,27-28,33-34H,2-5,14-19,21H2,1H3,(H,35,36,39). The van der Waals surface area contributed by atoms with Crippen molar-refractivity contribution in [1.82, 2.24) is 29.5 Å². The minimum atomic E-state index is -1.24. The van der Waals surface area contributed by atoms with E-state index in [0.717, 1.165) is 104 Å². The maximum atomic E-state index is 13.9. The minimum absolute atomic E-state index is 0.309. The number of nitrogens with zero attached hydrogens (tertiary/aromatic N) is 3. The van der Waals surface area contributed by atoms with E-state index in [4.69, 9.17) is 4.74 Å². The van der Waals surface area contributed by atoms with E-state index in [-0.39, 0.29) is 5.69 Å². The molecule has 0 bridgehead atoms. The van der Waals surface area contributed by atoms with Crippen LogP contribution in [0.3, 0.4) is 0 Å². The van der Waals surface area contributed by atoms with Crippen LogP contribution in [0.5, 0.6) is 0 Å². The predicted octanol–water partition coefficient (Wildman–Crippen LogP) is 4.14. The van der Waals surface area contributed by atoms with E-state index in [1.54, 1.807) is 4.57 Å². The first-order valence-corrected chi connectivity index (χ1v) is 16.2. The highest BCUT2D eigenvalue weighted by Crippen LogP contribution is 2.27. The maximum absolute atomic E-state index is 13.9. The SMILES string of the molecule is CNCc1ccc(-n2cc3cc(-c4ccc(S(=O)N(CCCC5CCCO5)C5CCNCC5)cc4)[nH]c3nc2=O)cc1. The smallest absolute Gasteiger partial charge is 0.354 e. The molecule has 2 unspecified atom stereocenters. The number of ether oxygens (including phenoxy) is 1. The lowest BCUT2D eigenvalue weighted by Gasteiger charge is -2.33. The Labute approximate surface area is 249 Å². The third kappa shape index (κ3) is 6.58. The number of rotatable bonds is 11. The van der Waals surface area contributed by atoms with Gasteiger partial charge < -0.3 is 20.4 Å². The Morgan fingerprint density at radius 3 is 2.60 bits per heavy atom. The summed E-state index contributed by atoms with van der Waals surface area (Å²) >= 11 is 0. The van der Waals surface area contributed by atoms with E-state index >= 15 is 0 Å². The van der Waals surface area contributed by atoms with Crippen LogP contribution in [0, 0.1) is 0 Å². The van der Waals surface area contributed by atoms with Crippen LogP contribution in [0.4, 0.5) is 0 Å². The molecule has 222 valence electrons. The zero-order valence-corrected chi connectivity index (χ0v) is 25.0. The first kappa shape index (κ1) is 28.9. The van der Waals surface area contributed by atoms with Gasteiger partial charge in [0.2, 0.25) is 0 Å². The van der Waals surface area contributed by atoms with Crippen LogP contribution < -0.4 is 16.3 Å². The van der Waals surface area contributed by atoms with Gasteiger partial charge in [-0.15, -0.1) is 0 Å². The lowest BCUT2D eigenvalue weighted by Crippen LogP contribution is -2.44. The summed E-state index contributed by atoms with van der Waals surface area (Å²) in [6, 6.07) is 18.1. The molecule has 0 spiro atoms. The van der Waals surface area contributed by atoms with E-state index in [2.05, 4.69) is 24.9 Å². The van der Waals surface area contributed by atoms with Crippen molar-refractivity contribution < 1.29 is 8.95 Å². The van der Waals surface area contributed by atoms with Crippen LogP contribution in [0.15, 0.2) is 70.5 Å². The molecule has 2 aliphatic heterocycles. The molecule has 0 radical (unpaired) electrons. The number of benzene rings is 2. The second kappa shape index (κ2) is 13.4. The highest BCUT2D eigenvalue weighted by molar-refractivity contribution is 7.82. The van der Waals surface area contributed by atoms with Crippen LogP contribution in [0.25, 0.3) is 28.0 Å². The fourth-order valence-electron chi connectivity index (χ4n) is 6.04. The van der Waals surface area contributed by atoms with Gasteiger partial charge in [-0.05, 0) is 100 Å². The molecule has 0 saturated carbocycles. The number of aromatic nitrogens is 3. The molecule has 9 nitrogen and oxygen atoms in total. The summed E-state index contributed by atoms with van der Waals surface area (Å²) in [5.74, 6) is 0. The maximum Gasteiger partial charge on any atom is 0.354 e. The van der Waals surface area contributed by atoms with Crippen molar-refractivity contribution in [2.24, 2.45) is 0 Å². The summed E-state index contributed by atoms with van der Waals surface area (Å²) in [6.07, 6.45) is 8.50. The Hall–Kier alpha value is -3.15. The molecule has 2 aromatic heterocycles. The van der Waals surface area contributed by atoms with Crippen molar-refractivity contribution in [2.75, 3.05) is 33.3 Å². The molecule has 2 saturated heterocycles. The minimum Gasteiger partial charge on any atom is -0.378 e. The predicted molar refractivity (Wildman–Crippen MR) is 167 cm³/mol. The lowest BCUT2D eigenvalue weighted by molar-refractivity contribution is 0.0999. The van der Waals surface area contributed by atoms with Crippen LogP contribution >= 0.6 is 0 Å². The zero-order valence-electron chi connectivity index (χ0n) is 24.2. The molecule has 0 aliphatic carbocycles. The molecular formula is C32H40N6O3S. The van der Waals surface area contributed by atoms with Gasteiger partial charge in [0, 0.05) is 43.0 Å². The summed E-state index contributed by atoms with van der Waals surface area (Å²) in [6.45, 7) is 4.37. The third-order valence-corrected chi connectivity index (χ3v) is 9.91. The molecule has 6 rings (SSSR count). The molecule has 2 aliphatic rings. The molecule has 2 atom stereocenters.